The minimum absolute atomic E-state index is 0.0291. The van der Waals surface area contributed by atoms with Crippen molar-refractivity contribution in [1.82, 2.24) is 20.0 Å². The van der Waals surface area contributed by atoms with Crippen molar-refractivity contribution < 1.29 is 32.2 Å². The molecule has 2 heterocycles. The average Bonchev–Trinajstić information content (AvgIpc) is 3.71. The van der Waals surface area contributed by atoms with E-state index >= 15 is 0 Å². The quantitative estimate of drug-likeness (QED) is 0.206. The monoisotopic (exact) mass is 618 g/mol. The van der Waals surface area contributed by atoms with Gasteiger partial charge < -0.3 is 24.5 Å². The van der Waals surface area contributed by atoms with Gasteiger partial charge in [-0.1, -0.05) is 45.4 Å². The lowest BCUT2D eigenvalue weighted by molar-refractivity contribution is -0.126. The van der Waals surface area contributed by atoms with E-state index in [1.54, 1.807) is 60.9 Å². The summed E-state index contributed by atoms with van der Waals surface area (Å²) in [6, 6.07) is 16.1. The van der Waals surface area contributed by atoms with Crippen LogP contribution in [0, 0.1) is 0 Å². The Labute approximate surface area is 256 Å². The molecule has 11 nitrogen and oxygen atoms in total. The molecule has 1 unspecified atom stereocenters. The molecule has 0 bridgehead atoms. The van der Waals surface area contributed by atoms with E-state index in [2.05, 4.69) is 20.0 Å². The normalized spacial score (nSPS) is 13.0. The van der Waals surface area contributed by atoms with Crippen molar-refractivity contribution in [3.8, 4) is 17.2 Å². The molecule has 5 rings (SSSR count). The van der Waals surface area contributed by atoms with Crippen LogP contribution in [0.4, 0.5) is 0 Å². The summed E-state index contributed by atoms with van der Waals surface area (Å²) in [7, 11) is -4.22. The first-order valence-corrected chi connectivity index (χ1v) is 15.7. The number of aromatic nitrogens is 2. The van der Waals surface area contributed by atoms with Crippen LogP contribution in [-0.2, 0) is 27.8 Å². The summed E-state index contributed by atoms with van der Waals surface area (Å²) >= 11 is 0. The zero-order chi connectivity index (χ0) is 31.3. The highest BCUT2D eigenvalue weighted by atomic mass is 32.2. The summed E-state index contributed by atoms with van der Waals surface area (Å²) in [5, 5.41) is 2.82. The largest absolute Gasteiger partial charge is 0.475 e. The lowest BCUT2D eigenvalue weighted by Gasteiger charge is -2.22. The van der Waals surface area contributed by atoms with Gasteiger partial charge in [0.05, 0.1) is 11.4 Å². The van der Waals surface area contributed by atoms with Gasteiger partial charge in [-0.25, -0.2) is 18.1 Å². The maximum atomic E-state index is 13.7. The van der Waals surface area contributed by atoms with Gasteiger partial charge in [-0.05, 0) is 65.9 Å². The SMILES string of the molecule is CCCc1cc(C(=O)NCc2ncc[nH]2)ccc1OC(C(=O)NS(=O)(=O)c1ccc(C(C)C)cc1)c1ccc2c(c1)OCO2. The summed E-state index contributed by atoms with van der Waals surface area (Å²) in [5.41, 5.74) is 2.42. The fourth-order valence-electron chi connectivity index (χ4n) is 4.71. The topological polar surface area (TPSA) is 149 Å². The summed E-state index contributed by atoms with van der Waals surface area (Å²) in [4.78, 5) is 33.6. The zero-order valence-electron chi connectivity index (χ0n) is 24.6. The van der Waals surface area contributed by atoms with Crippen LogP contribution >= 0.6 is 0 Å². The number of rotatable bonds is 12. The molecule has 4 aromatic rings. The summed E-state index contributed by atoms with van der Waals surface area (Å²) in [6.07, 6.45) is 3.18. The molecule has 0 saturated carbocycles. The fraction of sp³-hybridized carbons (Fsp3) is 0.281. The van der Waals surface area contributed by atoms with Gasteiger partial charge in [0.25, 0.3) is 21.8 Å². The minimum Gasteiger partial charge on any atom is -0.475 e. The third-order valence-electron chi connectivity index (χ3n) is 7.09. The number of amides is 2. The van der Waals surface area contributed by atoms with Crippen LogP contribution in [0.1, 0.15) is 72.1 Å². The van der Waals surface area contributed by atoms with Gasteiger partial charge in [0.1, 0.15) is 11.6 Å². The number of H-pyrrole nitrogens is 1. The van der Waals surface area contributed by atoms with Crippen molar-refractivity contribution in [3.05, 3.63) is 101 Å². The van der Waals surface area contributed by atoms with Gasteiger partial charge >= 0.3 is 0 Å². The molecule has 1 aliphatic heterocycles. The number of carbonyl (C=O) groups is 2. The van der Waals surface area contributed by atoms with Gasteiger partial charge in [-0.3, -0.25) is 9.59 Å². The number of aromatic amines is 1. The Bertz CT molecular complexity index is 1740. The molecular weight excluding hydrogens is 584 g/mol. The second-order valence-electron chi connectivity index (χ2n) is 10.6. The molecule has 0 spiro atoms. The predicted octanol–water partition coefficient (Wildman–Crippen LogP) is 4.77. The smallest absolute Gasteiger partial charge is 0.279 e. The maximum Gasteiger partial charge on any atom is 0.279 e. The van der Waals surface area contributed by atoms with Gasteiger partial charge in [-0.2, -0.15) is 0 Å². The maximum absolute atomic E-state index is 13.7. The van der Waals surface area contributed by atoms with Crippen molar-refractivity contribution in [2.24, 2.45) is 0 Å². The molecule has 0 saturated heterocycles. The van der Waals surface area contributed by atoms with Crippen LogP contribution in [0.2, 0.25) is 0 Å². The molecule has 3 N–H and O–H groups in total. The standard InChI is InChI=1S/C32H34N4O7S/c1-4-5-22-16-24(31(37)35-18-29-33-14-15-34-29)9-12-26(22)43-30(23-8-13-27-28(17-23)42-19-41-27)32(38)36-44(39,40)25-10-6-21(7-11-25)20(2)3/h6-17,20,30H,4-5,18-19H2,1-3H3,(H,33,34)(H,35,37)(H,36,38). The molecule has 1 atom stereocenters. The molecule has 2 amide bonds. The zero-order valence-corrected chi connectivity index (χ0v) is 25.4. The second-order valence-corrected chi connectivity index (χ2v) is 12.3. The van der Waals surface area contributed by atoms with Crippen molar-refractivity contribution >= 4 is 21.8 Å². The number of carbonyl (C=O) groups excluding carboxylic acids is 2. The molecule has 3 aromatic carbocycles. The Kier molecular flexibility index (Phi) is 9.19. The Balaban J connectivity index is 1.43. The number of hydrogen-bond donors (Lipinski definition) is 3. The molecule has 0 radical (unpaired) electrons. The third-order valence-corrected chi connectivity index (χ3v) is 8.45. The van der Waals surface area contributed by atoms with Gasteiger partial charge in [0, 0.05) is 23.5 Å². The molecular formula is C32H34N4O7S. The van der Waals surface area contributed by atoms with E-state index in [1.807, 2.05) is 20.8 Å². The van der Waals surface area contributed by atoms with E-state index in [-0.39, 0.29) is 30.1 Å². The molecule has 1 aliphatic rings. The number of benzene rings is 3. The second kappa shape index (κ2) is 13.2. The lowest BCUT2D eigenvalue weighted by Crippen LogP contribution is -2.37. The van der Waals surface area contributed by atoms with E-state index in [0.29, 0.717) is 46.2 Å². The van der Waals surface area contributed by atoms with E-state index in [0.717, 1.165) is 12.0 Å². The van der Waals surface area contributed by atoms with Gasteiger partial charge in [0.2, 0.25) is 12.9 Å². The molecule has 230 valence electrons. The summed E-state index contributed by atoms with van der Waals surface area (Å²) in [5.74, 6) is 0.901. The van der Waals surface area contributed by atoms with E-state index in [4.69, 9.17) is 14.2 Å². The van der Waals surface area contributed by atoms with Crippen molar-refractivity contribution in [3.63, 3.8) is 0 Å². The van der Waals surface area contributed by atoms with Crippen LogP contribution in [0.15, 0.2) is 78.0 Å². The number of fused-ring (bicyclic) bond motifs is 1. The van der Waals surface area contributed by atoms with E-state index < -0.39 is 22.0 Å². The first-order valence-electron chi connectivity index (χ1n) is 14.3. The number of nitrogens with zero attached hydrogens (tertiary/aromatic N) is 1. The van der Waals surface area contributed by atoms with Crippen LogP contribution in [0.3, 0.4) is 0 Å². The highest BCUT2D eigenvalue weighted by molar-refractivity contribution is 7.90. The van der Waals surface area contributed by atoms with Crippen molar-refractivity contribution in [1.29, 1.82) is 0 Å². The van der Waals surface area contributed by atoms with E-state index in [1.165, 1.54) is 12.1 Å². The lowest BCUT2D eigenvalue weighted by atomic mass is 10.0. The van der Waals surface area contributed by atoms with Crippen molar-refractivity contribution in [2.75, 3.05) is 6.79 Å². The minimum atomic E-state index is -4.22. The summed E-state index contributed by atoms with van der Waals surface area (Å²) in [6.45, 7) is 6.25. The predicted molar refractivity (Wildman–Crippen MR) is 162 cm³/mol. The number of ether oxygens (including phenoxy) is 3. The highest BCUT2D eigenvalue weighted by Crippen LogP contribution is 2.36. The van der Waals surface area contributed by atoms with Gasteiger partial charge in [-0.15, -0.1) is 0 Å². The Hall–Kier alpha value is -4.84. The molecule has 12 heteroatoms. The van der Waals surface area contributed by atoms with Crippen LogP contribution in [0.5, 0.6) is 17.2 Å². The molecule has 44 heavy (non-hydrogen) atoms. The Morgan fingerprint density at radius 2 is 1.75 bits per heavy atom. The van der Waals surface area contributed by atoms with E-state index in [9.17, 15) is 18.0 Å². The summed E-state index contributed by atoms with van der Waals surface area (Å²) < 4.78 is 45.9. The van der Waals surface area contributed by atoms with Gasteiger partial charge in [0.15, 0.2) is 11.5 Å². The third kappa shape index (κ3) is 7.03. The van der Waals surface area contributed by atoms with Crippen LogP contribution in [-0.4, -0.2) is 37.0 Å². The highest BCUT2D eigenvalue weighted by Gasteiger charge is 2.30. The Morgan fingerprint density at radius 3 is 2.45 bits per heavy atom. The van der Waals surface area contributed by atoms with Crippen LogP contribution in [0.25, 0.3) is 0 Å². The fourth-order valence-corrected chi connectivity index (χ4v) is 5.70. The number of hydrogen-bond acceptors (Lipinski definition) is 8. The van der Waals surface area contributed by atoms with Crippen molar-refractivity contribution in [2.45, 2.75) is 57.1 Å². The Morgan fingerprint density at radius 1 is 1.00 bits per heavy atom. The first kappa shape index (κ1) is 30.6. The molecule has 0 aliphatic carbocycles. The number of nitrogens with one attached hydrogen (secondary N) is 3. The first-order chi connectivity index (χ1) is 21.1. The number of aryl methyl sites for hydroxylation is 1. The number of sulfonamides is 1. The van der Waals surface area contributed by atoms with Crippen LogP contribution < -0.4 is 24.2 Å². The average molecular weight is 619 g/mol. The molecule has 0 fully saturated rings. The molecule has 1 aromatic heterocycles. The number of imidazole rings is 1.